The number of rotatable bonds is 3. The van der Waals surface area contributed by atoms with Crippen LogP contribution in [0.1, 0.15) is 31.5 Å². The van der Waals surface area contributed by atoms with E-state index < -0.39 is 12.1 Å². The van der Waals surface area contributed by atoms with E-state index in [4.69, 9.17) is 4.74 Å². The van der Waals surface area contributed by atoms with E-state index in [1.54, 1.807) is 4.57 Å². The third kappa shape index (κ3) is 3.55. The molecule has 3 nitrogen and oxygen atoms in total. The number of benzene rings is 1. The molecule has 1 unspecified atom stereocenters. The van der Waals surface area contributed by atoms with Crippen molar-refractivity contribution in [1.29, 1.82) is 0 Å². The summed E-state index contributed by atoms with van der Waals surface area (Å²) >= 11 is 3.39. The summed E-state index contributed by atoms with van der Waals surface area (Å²) in [7, 11) is 0. The van der Waals surface area contributed by atoms with E-state index in [-0.39, 0.29) is 12.5 Å². The molecule has 1 aromatic carbocycles. The van der Waals surface area contributed by atoms with E-state index in [0.29, 0.717) is 13.2 Å². The lowest BCUT2D eigenvalue weighted by Gasteiger charge is -2.24. The predicted molar refractivity (Wildman–Crippen MR) is 85.4 cm³/mol. The average molecular weight is 391 g/mol. The molecule has 1 aliphatic heterocycles. The molecule has 0 saturated carbocycles. The van der Waals surface area contributed by atoms with Crippen molar-refractivity contribution in [3.05, 3.63) is 28.5 Å². The first kappa shape index (κ1) is 16.8. The van der Waals surface area contributed by atoms with Gasteiger partial charge in [0, 0.05) is 30.1 Å². The Morgan fingerprint density at radius 2 is 2.04 bits per heavy atom. The SMILES string of the molecule is CC(Cn1c(C2CCOCC2)nc2ccc(Br)cc21)C(F)(F)F. The highest BCUT2D eigenvalue weighted by Crippen LogP contribution is 2.34. The van der Waals surface area contributed by atoms with Gasteiger partial charge >= 0.3 is 6.18 Å². The molecule has 126 valence electrons. The Balaban J connectivity index is 2.05. The number of hydrogen-bond donors (Lipinski definition) is 0. The molecule has 0 aliphatic carbocycles. The zero-order chi connectivity index (χ0) is 16.6. The second-order valence-electron chi connectivity index (χ2n) is 6.04. The molecule has 0 radical (unpaired) electrons. The summed E-state index contributed by atoms with van der Waals surface area (Å²) in [5.74, 6) is -0.523. The molecule has 1 aliphatic rings. The second-order valence-corrected chi connectivity index (χ2v) is 6.96. The van der Waals surface area contributed by atoms with Crippen LogP contribution in [0, 0.1) is 5.92 Å². The first-order valence-electron chi connectivity index (χ1n) is 7.66. The van der Waals surface area contributed by atoms with Crippen molar-refractivity contribution in [2.75, 3.05) is 13.2 Å². The van der Waals surface area contributed by atoms with Gasteiger partial charge in [0.2, 0.25) is 0 Å². The van der Waals surface area contributed by atoms with Crippen molar-refractivity contribution in [1.82, 2.24) is 9.55 Å². The topological polar surface area (TPSA) is 27.1 Å². The van der Waals surface area contributed by atoms with Crippen LogP contribution in [-0.2, 0) is 11.3 Å². The van der Waals surface area contributed by atoms with E-state index >= 15 is 0 Å². The maximum absolute atomic E-state index is 13.0. The molecular formula is C16H18BrF3N2O. The summed E-state index contributed by atoms with van der Waals surface area (Å²) in [5, 5.41) is 0. The highest BCUT2D eigenvalue weighted by Gasteiger charge is 2.37. The number of nitrogens with zero attached hydrogens (tertiary/aromatic N) is 2. The molecule has 7 heteroatoms. The second kappa shape index (κ2) is 6.43. The molecular weight excluding hydrogens is 373 g/mol. The highest BCUT2D eigenvalue weighted by molar-refractivity contribution is 9.10. The van der Waals surface area contributed by atoms with Crippen molar-refractivity contribution < 1.29 is 17.9 Å². The number of fused-ring (bicyclic) bond motifs is 1. The van der Waals surface area contributed by atoms with E-state index in [0.717, 1.165) is 34.2 Å². The number of ether oxygens (including phenoxy) is 1. The predicted octanol–water partition coefficient (Wildman–Crippen LogP) is 4.89. The summed E-state index contributed by atoms with van der Waals surface area (Å²) in [4.78, 5) is 4.63. The van der Waals surface area contributed by atoms with Crippen LogP contribution >= 0.6 is 15.9 Å². The van der Waals surface area contributed by atoms with Gasteiger partial charge in [0.1, 0.15) is 5.82 Å². The lowest BCUT2D eigenvalue weighted by molar-refractivity contribution is -0.172. The lowest BCUT2D eigenvalue weighted by Crippen LogP contribution is -2.26. The van der Waals surface area contributed by atoms with Crippen molar-refractivity contribution in [2.45, 2.75) is 38.4 Å². The maximum Gasteiger partial charge on any atom is 0.393 e. The van der Waals surface area contributed by atoms with E-state index in [2.05, 4.69) is 20.9 Å². The van der Waals surface area contributed by atoms with E-state index in [1.807, 2.05) is 18.2 Å². The number of hydrogen-bond acceptors (Lipinski definition) is 2. The quantitative estimate of drug-likeness (QED) is 0.745. The lowest BCUT2D eigenvalue weighted by atomic mass is 9.99. The molecule has 3 rings (SSSR count). The molecule has 2 heterocycles. The number of alkyl halides is 3. The molecule has 1 aromatic heterocycles. The van der Waals surface area contributed by atoms with Crippen LogP contribution in [0.15, 0.2) is 22.7 Å². The Kier molecular flexibility index (Phi) is 4.69. The van der Waals surface area contributed by atoms with Gasteiger partial charge in [-0.05, 0) is 31.0 Å². The summed E-state index contributed by atoms with van der Waals surface area (Å²) in [6, 6.07) is 5.55. The van der Waals surface area contributed by atoms with Crippen LogP contribution in [-0.4, -0.2) is 28.9 Å². The Morgan fingerprint density at radius 3 is 2.70 bits per heavy atom. The number of imidazole rings is 1. The molecule has 1 atom stereocenters. The summed E-state index contributed by atoms with van der Waals surface area (Å²) in [6.45, 7) is 2.37. The van der Waals surface area contributed by atoms with Crippen molar-refractivity contribution in [2.24, 2.45) is 5.92 Å². The molecule has 0 bridgehead atoms. The van der Waals surface area contributed by atoms with Gasteiger partial charge in [0.15, 0.2) is 0 Å². The molecule has 1 saturated heterocycles. The standard InChI is InChI=1S/C16H18BrF3N2O/c1-10(16(18,19)20)9-22-14-8-12(17)2-3-13(14)21-15(22)11-4-6-23-7-5-11/h2-3,8,10-11H,4-7,9H2,1H3. The molecule has 0 amide bonds. The van der Waals surface area contributed by atoms with E-state index in [9.17, 15) is 13.2 Å². The molecule has 0 spiro atoms. The van der Waals surface area contributed by atoms with Crippen LogP contribution < -0.4 is 0 Å². The highest BCUT2D eigenvalue weighted by atomic mass is 79.9. The van der Waals surface area contributed by atoms with Gasteiger partial charge in [-0.2, -0.15) is 13.2 Å². The zero-order valence-corrected chi connectivity index (χ0v) is 14.3. The minimum absolute atomic E-state index is 0.108. The molecule has 1 fully saturated rings. The fraction of sp³-hybridized carbons (Fsp3) is 0.562. The van der Waals surface area contributed by atoms with Crippen molar-refractivity contribution in [3.63, 3.8) is 0 Å². The summed E-state index contributed by atoms with van der Waals surface area (Å²) in [6.07, 6.45) is -2.62. The number of aromatic nitrogens is 2. The monoisotopic (exact) mass is 390 g/mol. The van der Waals surface area contributed by atoms with Crippen LogP contribution in [0.3, 0.4) is 0 Å². The summed E-state index contributed by atoms with van der Waals surface area (Å²) < 4.78 is 47.0. The minimum atomic E-state index is -4.21. The molecule has 2 aromatic rings. The summed E-state index contributed by atoms with van der Waals surface area (Å²) in [5.41, 5.74) is 1.49. The Morgan fingerprint density at radius 1 is 1.35 bits per heavy atom. The van der Waals surface area contributed by atoms with Gasteiger partial charge < -0.3 is 9.30 Å². The van der Waals surface area contributed by atoms with Crippen LogP contribution in [0.4, 0.5) is 13.2 Å². The van der Waals surface area contributed by atoms with Crippen LogP contribution in [0.2, 0.25) is 0 Å². The number of halogens is 4. The van der Waals surface area contributed by atoms with Crippen molar-refractivity contribution >= 4 is 27.0 Å². The Hall–Kier alpha value is -1.08. The fourth-order valence-electron chi connectivity index (χ4n) is 2.95. The first-order chi connectivity index (χ1) is 10.9. The van der Waals surface area contributed by atoms with Crippen molar-refractivity contribution in [3.8, 4) is 0 Å². The van der Waals surface area contributed by atoms with Gasteiger partial charge in [0.05, 0.1) is 17.0 Å². The third-order valence-electron chi connectivity index (χ3n) is 4.34. The Labute approximate surface area is 141 Å². The molecule has 23 heavy (non-hydrogen) atoms. The van der Waals surface area contributed by atoms with Crippen LogP contribution in [0.5, 0.6) is 0 Å². The largest absolute Gasteiger partial charge is 0.393 e. The normalized spacial score (nSPS) is 18.5. The van der Waals surface area contributed by atoms with Gasteiger partial charge in [0.25, 0.3) is 0 Å². The van der Waals surface area contributed by atoms with Gasteiger partial charge in [-0.25, -0.2) is 4.98 Å². The third-order valence-corrected chi connectivity index (χ3v) is 4.83. The molecule has 0 N–H and O–H groups in total. The van der Waals surface area contributed by atoms with E-state index in [1.165, 1.54) is 6.92 Å². The minimum Gasteiger partial charge on any atom is -0.381 e. The van der Waals surface area contributed by atoms with Gasteiger partial charge in [-0.3, -0.25) is 0 Å². The van der Waals surface area contributed by atoms with Gasteiger partial charge in [-0.15, -0.1) is 0 Å². The van der Waals surface area contributed by atoms with Gasteiger partial charge in [-0.1, -0.05) is 22.9 Å². The smallest absolute Gasteiger partial charge is 0.381 e. The average Bonchev–Trinajstić information content (AvgIpc) is 2.85. The first-order valence-corrected chi connectivity index (χ1v) is 8.45. The Bertz CT molecular complexity index is 692. The maximum atomic E-state index is 13.0. The van der Waals surface area contributed by atoms with Crippen LogP contribution in [0.25, 0.3) is 11.0 Å². The zero-order valence-electron chi connectivity index (χ0n) is 12.7. The fourth-order valence-corrected chi connectivity index (χ4v) is 3.30.